The third kappa shape index (κ3) is 1.82. The number of nitrogens with two attached hydrogens (primary N) is 1. The first-order chi connectivity index (χ1) is 9.79. The first kappa shape index (κ1) is 11.4. The van der Waals surface area contributed by atoms with Crippen molar-refractivity contribution in [1.82, 2.24) is 9.97 Å². The fourth-order valence-electron chi connectivity index (χ4n) is 2.24. The van der Waals surface area contributed by atoms with Crippen LogP contribution in [0.15, 0.2) is 54.6 Å². The molecule has 4 rings (SSSR count). The van der Waals surface area contributed by atoms with Crippen LogP contribution in [0, 0.1) is 0 Å². The number of rotatable bonds is 1. The Morgan fingerprint density at radius 2 is 1.75 bits per heavy atom. The number of thiazole rings is 1. The van der Waals surface area contributed by atoms with Crippen LogP contribution in [0.3, 0.4) is 0 Å². The van der Waals surface area contributed by atoms with Crippen molar-refractivity contribution in [2.75, 3.05) is 5.73 Å². The van der Waals surface area contributed by atoms with Crippen LogP contribution in [0.1, 0.15) is 0 Å². The summed E-state index contributed by atoms with van der Waals surface area (Å²) < 4.78 is 1.09. The van der Waals surface area contributed by atoms with Gasteiger partial charge in [-0.3, -0.25) is 0 Å². The lowest BCUT2D eigenvalue weighted by Gasteiger charge is -1.99. The van der Waals surface area contributed by atoms with Gasteiger partial charge < -0.3 is 5.73 Å². The van der Waals surface area contributed by atoms with Crippen molar-refractivity contribution < 1.29 is 0 Å². The average Bonchev–Trinajstić information content (AvgIpc) is 2.89. The summed E-state index contributed by atoms with van der Waals surface area (Å²) in [6.07, 6.45) is 0. The number of nitrogen functional groups attached to an aromatic ring is 1. The number of benzene rings is 2. The summed E-state index contributed by atoms with van der Waals surface area (Å²) in [7, 11) is 0. The van der Waals surface area contributed by atoms with E-state index in [-0.39, 0.29) is 0 Å². The van der Waals surface area contributed by atoms with Crippen LogP contribution in [-0.2, 0) is 0 Å². The topological polar surface area (TPSA) is 51.8 Å². The number of anilines is 1. The second-order valence-electron chi connectivity index (χ2n) is 4.64. The predicted molar refractivity (Wildman–Crippen MR) is 84.8 cm³/mol. The molecule has 96 valence electrons. The Morgan fingerprint density at radius 3 is 2.70 bits per heavy atom. The Morgan fingerprint density at radius 1 is 0.850 bits per heavy atom. The third-order valence-electron chi connectivity index (χ3n) is 3.23. The van der Waals surface area contributed by atoms with E-state index >= 15 is 0 Å². The summed E-state index contributed by atoms with van der Waals surface area (Å²) in [5.41, 5.74) is 9.44. The summed E-state index contributed by atoms with van der Waals surface area (Å²) in [5.74, 6) is 0. The molecule has 0 fully saturated rings. The molecule has 2 N–H and O–H groups in total. The fraction of sp³-hybridized carbons (Fsp3) is 0. The second kappa shape index (κ2) is 4.28. The van der Waals surface area contributed by atoms with Crippen LogP contribution in [0.2, 0.25) is 0 Å². The molecular formula is C16H11N3S. The Hall–Kier alpha value is -2.46. The highest BCUT2D eigenvalue weighted by Gasteiger charge is 2.08. The van der Waals surface area contributed by atoms with Crippen LogP contribution < -0.4 is 5.73 Å². The van der Waals surface area contributed by atoms with E-state index < -0.39 is 0 Å². The lowest BCUT2D eigenvalue weighted by molar-refractivity contribution is 1.36. The molecule has 0 saturated carbocycles. The Bertz CT molecular complexity index is 927. The van der Waals surface area contributed by atoms with E-state index in [2.05, 4.69) is 22.1 Å². The molecule has 0 unspecified atom stereocenters. The third-order valence-corrected chi connectivity index (χ3v) is 4.27. The van der Waals surface area contributed by atoms with E-state index in [0.717, 1.165) is 37.5 Å². The van der Waals surface area contributed by atoms with Gasteiger partial charge in [0.1, 0.15) is 5.01 Å². The molecule has 2 aromatic carbocycles. The molecule has 2 heterocycles. The SMILES string of the molecule is Nc1ccc2nc(-c3ccc4ccccc4n3)sc2c1. The molecule has 0 atom stereocenters. The zero-order valence-corrected chi connectivity index (χ0v) is 11.4. The van der Waals surface area contributed by atoms with E-state index in [9.17, 15) is 0 Å². The van der Waals surface area contributed by atoms with E-state index in [4.69, 9.17) is 5.73 Å². The minimum atomic E-state index is 0.763. The zero-order valence-electron chi connectivity index (χ0n) is 10.6. The smallest absolute Gasteiger partial charge is 0.143 e. The highest BCUT2D eigenvalue weighted by molar-refractivity contribution is 7.21. The monoisotopic (exact) mass is 277 g/mol. The molecule has 0 aliphatic carbocycles. The standard InChI is InChI=1S/C16H11N3S/c17-11-6-8-13-15(9-11)20-16(19-13)14-7-5-10-3-1-2-4-12(10)18-14/h1-9H,17H2. The quantitative estimate of drug-likeness (QED) is 0.533. The highest BCUT2D eigenvalue weighted by atomic mass is 32.1. The van der Waals surface area contributed by atoms with E-state index in [1.807, 2.05) is 42.5 Å². The van der Waals surface area contributed by atoms with Gasteiger partial charge in [0.05, 0.1) is 21.4 Å². The number of fused-ring (bicyclic) bond motifs is 2. The largest absolute Gasteiger partial charge is 0.399 e. The Balaban J connectivity index is 1.91. The summed E-state index contributed by atoms with van der Waals surface area (Å²) in [6.45, 7) is 0. The number of para-hydroxylation sites is 1. The minimum Gasteiger partial charge on any atom is -0.399 e. The van der Waals surface area contributed by atoms with Crippen LogP contribution in [0.4, 0.5) is 5.69 Å². The molecule has 0 radical (unpaired) electrons. The summed E-state index contributed by atoms with van der Waals surface area (Å²) >= 11 is 1.62. The van der Waals surface area contributed by atoms with Crippen LogP contribution in [-0.4, -0.2) is 9.97 Å². The van der Waals surface area contributed by atoms with E-state index in [1.165, 1.54) is 0 Å². The summed E-state index contributed by atoms with van der Waals surface area (Å²) in [6, 6.07) is 18.0. The first-order valence-corrected chi connectivity index (χ1v) is 7.13. The predicted octanol–water partition coefficient (Wildman–Crippen LogP) is 4.09. The maximum atomic E-state index is 5.81. The van der Waals surface area contributed by atoms with Crippen LogP contribution >= 0.6 is 11.3 Å². The molecule has 4 heteroatoms. The highest BCUT2D eigenvalue weighted by Crippen LogP contribution is 2.31. The number of hydrogen-bond donors (Lipinski definition) is 1. The van der Waals surface area contributed by atoms with Crippen molar-refractivity contribution in [2.24, 2.45) is 0 Å². The van der Waals surface area contributed by atoms with Crippen LogP contribution in [0.5, 0.6) is 0 Å². The molecule has 2 aromatic heterocycles. The molecule has 0 amide bonds. The van der Waals surface area contributed by atoms with Gasteiger partial charge in [-0.2, -0.15) is 0 Å². The van der Waals surface area contributed by atoms with Gasteiger partial charge in [-0.1, -0.05) is 24.3 Å². The fourth-order valence-corrected chi connectivity index (χ4v) is 3.22. The number of nitrogens with zero attached hydrogens (tertiary/aromatic N) is 2. The van der Waals surface area contributed by atoms with Crippen molar-refractivity contribution in [3.05, 3.63) is 54.6 Å². The van der Waals surface area contributed by atoms with Crippen molar-refractivity contribution in [2.45, 2.75) is 0 Å². The van der Waals surface area contributed by atoms with Gasteiger partial charge in [-0.25, -0.2) is 9.97 Å². The molecule has 3 nitrogen and oxygen atoms in total. The molecular weight excluding hydrogens is 266 g/mol. The normalized spacial score (nSPS) is 11.2. The Kier molecular flexibility index (Phi) is 2.44. The molecule has 20 heavy (non-hydrogen) atoms. The number of pyridine rings is 1. The first-order valence-electron chi connectivity index (χ1n) is 6.32. The zero-order chi connectivity index (χ0) is 13.5. The summed E-state index contributed by atoms with van der Waals surface area (Å²) in [4.78, 5) is 9.31. The van der Waals surface area contributed by atoms with Crippen molar-refractivity contribution in [3.8, 4) is 10.7 Å². The van der Waals surface area contributed by atoms with Gasteiger partial charge >= 0.3 is 0 Å². The molecule has 0 aliphatic heterocycles. The molecule has 4 aromatic rings. The summed E-state index contributed by atoms with van der Waals surface area (Å²) in [5, 5.41) is 2.07. The van der Waals surface area contributed by atoms with Crippen molar-refractivity contribution in [1.29, 1.82) is 0 Å². The maximum absolute atomic E-state index is 5.81. The van der Waals surface area contributed by atoms with Gasteiger partial charge in [0, 0.05) is 11.1 Å². The van der Waals surface area contributed by atoms with Gasteiger partial charge in [-0.15, -0.1) is 11.3 Å². The molecule has 0 saturated heterocycles. The van der Waals surface area contributed by atoms with Crippen molar-refractivity contribution in [3.63, 3.8) is 0 Å². The lowest BCUT2D eigenvalue weighted by Crippen LogP contribution is -1.84. The average molecular weight is 277 g/mol. The van der Waals surface area contributed by atoms with Gasteiger partial charge in [0.2, 0.25) is 0 Å². The minimum absolute atomic E-state index is 0.763. The second-order valence-corrected chi connectivity index (χ2v) is 5.67. The molecule has 0 spiro atoms. The van der Waals surface area contributed by atoms with E-state index in [0.29, 0.717) is 0 Å². The Labute approximate surface area is 119 Å². The molecule has 0 bridgehead atoms. The van der Waals surface area contributed by atoms with Crippen molar-refractivity contribution >= 4 is 38.1 Å². The van der Waals surface area contributed by atoms with E-state index in [1.54, 1.807) is 11.3 Å². The maximum Gasteiger partial charge on any atom is 0.143 e. The van der Waals surface area contributed by atoms with Crippen LogP contribution in [0.25, 0.3) is 31.8 Å². The number of aromatic nitrogens is 2. The number of hydrogen-bond acceptors (Lipinski definition) is 4. The molecule has 0 aliphatic rings. The lowest BCUT2D eigenvalue weighted by atomic mass is 10.2. The van der Waals surface area contributed by atoms with Gasteiger partial charge in [0.25, 0.3) is 0 Å². The van der Waals surface area contributed by atoms with Gasteiger partial charge in [0.15, 0.2) is 0 Å². The van der Waals surface area contributed by atoms with Gasteiger partial charge in [-0.05, 0) is 30.3 Å².